The van der Waals surface area contributed by atoms with Crippen LogP contribution in [0.25, 0.3) is 17.1 Å². The fourth-order valence-corrected chi connectivity index (χ4v) is 3.53. The summed E-state index contributed by atoms with van der Waals surface area (Å²) in [4.78, 5) is 1.46. The normalized spacial score (nSPS) is 10.8. The number of nitrogens with one attached hydrogen (secondary N) is 1. The standard InChI is InChI=1S/C18H11Cl2N7S/c19-14-2-1-3-15(20)16(14)27-18(28)13(9-22-27)17-23-25-26(24-17)10-12-6-4-11(8-21)5-7-12/h1-7,9,22H,10H2. The Bertz CT molecular complexity index is 1230. The average Bonchev–Trinajstić information content (AvgIpc) is 3.29. The number of para-hydroxylation sites is 1. The molecule has 0 spiro atoms. The second-order valence-corrected chi connectivity index (χ2v) is 7.05. The lowest BCUT2D eigenvalue weighted by molar-refractivity contribution is 0.573. The van der Waals surface area contributed by atoms with Crippen LogP contribution in [-0.4, -0.2) is 30.0 Å². The number of nitriles is 1. The number of tetrazole rings is 1. The summed E-state index contributed by atoms with van der Waals surface area (Å²) in [5.74, 6) is 0.386. The summed E-state index contributed by atoms with van der Waals surface area (Å²) in [6.07, 6.45) is 1.69. The Kier molecular flexibility index (Phi) is 4.96. The van der Waals surface area contributed by atoms with Gasteiger partial charge in [0.15, 0.2) is 0 Å². The topological polar surface area (TPSA) is 88.1 Å². The first-order chi connectivity index (χ1) is 13.6. The summed E-state index contributed by atoms with van der Waals surface area (Å²) < 4.78 is 2.05. The van der Waals surface area contributed by atoms with E-state index in [4.69, 9.17) is 40.7 Å². The lowest BCUT2D eigenvalue weighted by Gasteiger charge is -2.07. The van der Waals surface area contributed by atoms with Gasteiger partial charge in [0.1, 0.15) is 10.3 Å². The molecule has 28 heavy (non-hydrogen) atoms. The van der Waals surface area contributed by atoms with Crippen molar-refractivity contribution in [1.29, 1.82) is 5.26 Å². The number of nitrogens with zero attached hydrogens (tertiary/aromatic N) is 6. The Labute approximate surface area is 174 Å². The molecule has 0 bridgehead atoms. The van der Waals surface area contributed by atoms with Gasteiger partial charge in [-0.2, -0.15) is 10.1 Å². The predicted octanol–water partition coefficient (Wildman–Crippen LogP) is 4.42. The molecule has 138 valence electrons. The fraction of sp³-hybridized carbons (Fsp3) is 0.0556. The lowest BCUT2D eigenvalue weighted by Crippen LogP contribution is -2.04. The maximum absolute atomic E-state index is 8.87. The van der Waals surface area contributed by atoms with E-state index < -0.39 is 0 Å². The second-order valence-electron chi connectivity index (χ2n) is 5.85. The van der Waals surface area contributed by atoms with E-state index in [1.54, 1.807) is 41.2 Å². The Morgan fingerprint density at radius 2 is 1.82 bits per heavy atom. The lowest BCUT2D eigenvalue weighted by atomic mass is 10.1. The molecule has 0 aliphatic rings. The van der Waals surface area contributed by atoms with Crippen LogP contribution in [-0.2, 0) is 6.54 Å². The van der Waals surface area contributed by atoms with Gasteiger partial charge in [-0.3, -0.25) is 5.10 Å². The van der Waals surface area contributed by atoms with E-state index in [2.05, 4.69) is 26.6 Å². The highest BCUT2D eigenvalue weighted by Crippen LogP contribution is 2.29. The fourth-order valence-electron chi connectivity index (χ4n) is 2.66. The SMILES string of the molecule is N#Cc1ccc(Cn2nnc(-c3c[nH]n(-c4c(Cl)cccc4Cl)c3=S)n2)cc1. The molecule has 4 rings (SSSR count). The third-order valence-corrected chi connectivity index (χ3v) is 5.05. The van der Waals surface area contributed by atoms with Crippen molar-refractivity contribution in [2.75, 3.05) is 0 Å². The number of H-pyrrole nitrogens is 1. The number of aromatic nitrogens is 6. The van der Waals surface area contributed by atoms with Crippen molar-refractivity contribution < 1.29 is 0 Å². The number of hydrogen-bond acceptors (Lipinski definition) is 5. The Balaban J connectivity index is 1.64. The Morgan fingerprint density at radius 3 is 2.50 bits per heavy atom. The van der Waals surface area contributed by atoms with Gasteiger partial charge < -0.3 is 0 Å². The first-order valence-electron chi connectivity index (χ1n) is 8.09. The zero-order chi connectivity index (χ0) is 19.7. The quantitative estimate of drug-likeness (QED) is 0.487. The van der Waals surface area contributed by atoms with Gasteiger partial charge in [0, 0.05) is 6.20 Å². The molecule has 0 atom stereocenters. The third-order valence-electron chi connectivity index (χ3n) is 4.03. The van der Waals surface area contributed by atoms with Gasteiger partial charge in [0.25, 0.3) is 0 Å². The molecule has 2 heterocycles. The van der Waals surface area contributed by atoms with Crippen molar-refractivity contribution in [2.45, 2.75) is 6.54 Å². The molecule has 7 nitrogen and oxygen atoms in total. The minimum absolute atomic E-state index is 0.386. The van der Waals surface area contributed by atoms with Crippen LogP contribution in [0.5, 0.6) is 0 Å². The summed E-state index contributed by atoms with van der Waals surface area (Å²) >= 11 is 18.1. The van der Waals surface area contributed by atoms with Crippen molar-refractivity contribution in [2.24, 2.45) is 0 Å². The summed E-state index contributed by atoms with van der Waals surface area (Å²) in [6.45, 7) is 0.423. The average molecular weight is 428 g/mol. The van der Waals surface area contributed by atoms with E-state index in [0.29, 0.717) is 43.9 Å². The van der Waals surface area contributed by atoms with E-state index in [9.17, 15) is 0 Å². The van der Waals surface area contributed by atoms with Gasteiger partial charge >= 0.3 is 0 Å². The molecule has 1 N–H and O–H groups in total. The first kappa shape index (κ1) is 18.4. The Hall–Kier alpha value is -2.99. The summed E-state index contributed by atoms with van der Waals surface area (Å²) in [7, 11) is 0. The highest BCUT2D eigenvalue weighted by Gasteiger charge is 2.15. The molecule has 10 heteroatoms. The highest BCUT2D eigenvalue weighted by molar-refractivity contribution is 7.71. The van der Waals surface area contributed by atoms with Gasteiger partial charge in [-0.05, 0) is 35.0 Å². The van der Waals surface area contributed by atoms with E-state index in [1.807, 2.05) is 12.1 Å². The first-order valence-corrected chi connectivity index (χ1v) is 9.25. The van der Waals surface area contributed by atoms with Crippen molar-refractivity contribution in [1.82, 2.24) is 30.0 Å². The van der Waals surface area contributed by atoms with Gasteiger partial charge in [0.05, 0.1) is 33.8 Å². The number of rotatable bonds is 4. The van der Waals surface area contributed by atoms with Crippen molar-refractivity contribution in [3.05, 3.63) is 74.5 Å². The number of aromatic amines is 1. The number of hydrogen-bond donors (Lipinski definition) is 1. The molecule has 0 aliphatic carbocycles. The molecular formula is C18H11Cl2N7S. The Morgan fingerprint density at radius 1 is 1.11 bits per heavy atom. The van der Waals surface area contributed by atoms with E-state index in [0.717, 1.165) is 5.56 Å². The molecule has 4 aromatic rings. The van der Waals surface area contributed by atoms with Crippen LogP contribution in [0, 0.1) is 16.0 Å². The maximum atomic E-state index is 8.87. The highest BCUT2D eigenvalue weighted by atomic mass is 35.5. The van der Waals surface area contributed by atoms with Gasteiger partial charge in [-0.15, -0.1) is 10.2 Å². The minimum Gasteiger partial charge on any atom is -0.299 e. The van der Waals surface area contributed by atoms with Gasteiger partial charge in [-0.1, -0.05) is 53.6 Å². The van der Waals surface area contributed by atoms with Crippen LogP contribution in [0.1, 0.15) is 11.1 Å². The van der Waals surface area contributed by atoms with E-state index >= 15 is 0 Å². The molecular weight excluding hydrogens is 417 g/mol. The van der Waals surface area contributed by atoms with E-state index in [-0.39, 0.29) is 0 Å². The maximum Gasteiger partial charge on any atom is 0.209 e. The predicted molar refractivity (Wildman–Crippen MR) is 108 cm³/mol. The van der Waals surface area contributed by atoms with Crippen LogP contribution in [0.15, 0.2) is 48.7 Å². The molecule has 0 unspecified atom stereocenters. The van der Waals surface area contributed by atoms with Gasteiger partial charge in [0.2, 0.25) is 5.82 Å². The molecule has 0 saturated heterocycles. The van der Waals surface area contributed by atoms with Crippen LogP contribution < -0.4 is 0 Å². The largest absolute Gasteiger partial charge is 0.299 e. The minimum atomic E-state index is 0.386. The van der Waals surface area contributed by atoms with Gasteiger partial charge in [-0.25, -0.2) is 4.68 Å². The second kappa shape index (κ2) is 7.56. The monoisotopic (exact) mass is 427 g/mol. The van der Waals surface area contributed by atoms with Crippen molar-refractivity contribution in [3.63, 3.8) is 0 Å². The molecule has 2 aromatic carbocycles. The van der Waals surface area contributed by atoms with E-state index in [1.165, 1.54) is 4.80 Å². The molecule has 0 fully saturated rings. The zero-order valence-electron chi connectivity index (χ0n) is 14.2. The smallest absolute Gasteiger partial charge is 0.209 e. The van der Waals surface area contributed by atoms with Crippen LogP contribution in [0.4, 0.5) is 0 Å². The van der Waals surface area contributed by atoms with Crippen LogP contribution >= 0.6 is 35.4 Å². The molecule has 0 amide bonds. The molecule has 0 aliphatic heterocycles. The summed E-state index contributed by atoms with van der Waals surface area (Å²) in [6, 6.07) is 14.5. The zero-order valence-corrected chi connectivity index (χ0v) is 16.5. The van der Waals surface area contributed by atoms with Crippen molar-refractivity contribution in [3.8, 4) is 23.1 Å². The van der Waals surface area contributed by atoms with Crippen molar-refractivity contribution >= 4 is 35.4 Å². The number of benzene rings is 2. The third kappa shape index (κ3) is 3.43. The summed E-state index contributed by atoms with van der Waals surface area (Å²) in [5, 5.41) is 25.4. The van der Waals surface area contributed by atoms with Crippen LogP contribution in [0.2, 0.25) is 10.0 Å². The molecule has 0 saturated carbocycles. The molecule has 0 radical (unpaired) electrons. The van der Waals surface area contributed by atoms with Crippen LogP contribution in [0.3, 0.4) is 0 Å². The number of halogens is 2. The summed E-state index contributed by atoms with van der Waals surface area (Å²) in [5.41, 5.74) is 2.72. The molecule has 2 aromatic heterocycles.